The highest BCUT2D eigenvalue weighted by Crippen LogP contribution is 2.30. The number of nitrogens with zero attached hydrogens (tertiary/aromatic N) is 2. The number of carbonyl (C=O) groups is 1. The topological polar surface area (TPSA) is 56.2 Å². The molecule has 3 aromatic rings. The molecule has 142 valence electrons. The van der Waals surface area contributed by atoms with E-state index >= 15 is 0 Å². The van der Waals surface area contributed by atoms with Crippen molar-refractivity contribution >= 4 is 28.1 Å². The molecular formula is C21H25N3O2S. The fraction of sp³-hybridized carbons (Fsp3) is 0.429. The van der Waals surface area contributed by atoms with E-state index in [9.17, 15) is 4.79 Å². The number of fused-ring (bicyclic) bond motifs is 1. The van der Waals surface area contributed by atoms with Crippen molar-refractivity contribution in [2.45, 2.75) is 44.7 Å². The van der Waals surface area contributed by atoms with E-state index in [-0.39, 0.29) is 5.91 Å². The molecule has 0 bridgehead atoms. The van der Waals surface area contributed by atoms with Crippen LogP contribution in [-0.4, -0.2) is 35.2 Å². The Morgan fingerprint density at radius 2 is 2.11 bits per heavy atom. The molecule has 1 fully saturated rings. The van der Waals surface area contributed by atoms with E-state index in [1.165, 1.54) is 36.0 Å². The van der Waals surface area contributed by atoms with E-state index in [1.54, 1.807) is 7.11 Å². The second-order valence-electron chi connectivity index (χ2n) is 7.08. The van der Waals surface area contributed by atoms with Crippen LogP contribution in [0.1, 0.15) is 42.6 Å². The maximum atomic E-state index is 12.6. The lowest BCUT2D eigenvalue weighted by Gasteiger charge is -2.22. The summed E-state index contributed by atoms with van der Waals surface area (Å²) in [6, 6.07) is 10.7. The van der Waals surface area contributed by atoms with Crippen LogP contribution in [0.15, 0.2) is 35.7 Å². The van der Waals surface area contributed by atoms with Crippen LogP contribution in [0.5, 0.6) is 0 Å². The summed E-state index contributed by atoms with van der Waals surface area (Å²) in [5.41, 5.74) is 2.71. The van der Waals surface area contributed by atoms with Crippen LogP contribution in [-0.2, 0) is 11.3 Å². The number of aromatic nitrogens is 2. The fourth-order valence-corrected chi connectivity index (χ4v) is 4.64. The minimum atomic E-state index is -0.0519. The second-order valence-corrected chi connectivity index (χ2v) is 7.94. The largest absolute Gasteiger partial charge is 0.383 e. The maximum Gasteiger partial charge on any atom is 0.270 e. The number of rotatable bonds is 6. The Labute approximate surface area is 163 Å². The molecule has 0 unspecified atom stereocenters. The molecule has 0 aliphatic heterocycles. The highest BCUT2D eigenvalue weighted by molar-refractivity contribution is 7.13. The third-order valence-corrected chi connectivity index (χ3v) is 6.09. The van der Waals surface area contributed by atoms with Crippen molar-refractivity contribution in [3.63, 3.8) is 0 Å². The Morgan fingerprint density at radius 1 is 1.30 bits per heavy atom. The molecular weight excluding hydrogens is 358 g/mol. The number of methoxy groups -OCH3 is 1. The first kappa shape index (κ1) is 18.2. The molecule has 0 saturated heterocycles. The summed E-state index contributed by atoms with van der Waals surface area (Å²) in [5.74, 6) is -0.0519. The lowest BCUT2D eigenvalue weighted by Crippen LogP contribution is -2.36. The smallest absolute Gasteiger partial charge is 0.270 e. The van der Waals surface area contributed by atoms with Crippen LogP contribution in [0.4, 0.5) is 0 Å². The Balaban J connectivity index is 1.59. The van der Waals surface area contributed by atoms with E-state index in [4.69, 9.17) is 4.74 Å². The molecule has 6 heteroatoms. The van der Waals surface area contributed by atoms with Crippen molar-refractivity contribution < 1.29 is 9.53 Å². The van der Waals surface area contributed by atoms with E-state index in [0.717, 1.165) is 35.6 Å². The first-order chi connectivity index (χ1) is 13.3. The zero-order valence-corrected chi connectivity index (χ0v) is 16.4. The van der Waals surface area contributed by atoms with Gasteiger partial charge in [0.2, 0.25) is 0 Å². The normalized spacial score (nSPS) is 15.3. The number of amides is 1. The molecule has 1 saturated carbocycles. The second kappa shape index (κ2) is 8.23. The molecule has 5 nitrogen and oxygen atoms in total. The Kier molecular flexibility index (Phi) is 5.55. The summed E-state index contributed by atoms with van der Waals surface area (Å²) in [5, 5.41) is 7.07. The number of thiazole rings is 1. The minimum absolute atomic E-state index is 0.0519. The number of benzene rings is 1. The van der Waals surface area contributed by atoms with Crippen LogP contribution in [0.3, 0.4) is 0 Å². The van der Waals surface area contributed by atoms with Crippen molar-refractivity contribution in [2.24, 2.45) is 0 Å². The van der Waals surface area contributed by atoms with Gasteiger partial charge in [0.1, 0.15) is 10.7 Å². The summed E-state index contributed by atoms with van der Waals surface area (Å²) in [6.07, 6.45) is 5.83. The van der Waals surface area contributed by atoms with Gasteiger partial charge in [-0.1, -0.05) is 37.5 Å². The van der Waals surface area contributed by atoms with Gasteiger partial charge in [0.05, 0.1) is 12.3 Å². The first-order valence-corrected chi connectivity index (χ1v) is 10.5. The highest BCUT2D eigenvalue weighted by Gasteiger charge is 2.20. The number of para-hydroxylation sites is 1. The van der Waals surface area contributed by atoms with Crippen molar-refractivity contribution in [1.29, 1.82) is 0 Å². The molecule has 1 aromatic carbocycles. The van der Waals surface area contributed by atoms with Gasteiger partial charge in [-0.05, 0) is 25.0 Å². The molecule has 0 spiro atoms. The average molecular weight is 384 g/mol. The molecule has 27 heavy (non-hydrogen) atoms. The number of hydrogen-bond acceptors (Lipinski definition) is 4. The lowest BCUT2D eigenvalue weighted by molar-refractivity contribution is 0.0923. The quantitative estimate of drug-likeness (QED) is 0.683. The molecule has 2 aromatic heterocycles. The van der Waals surface area contributed by atoms with Crippen molar-refractivity contribution in [3.05, 3.63) is 41.4 Å². The van der Waals surface area contributed by atoms with Gasteiger partial charge in [0.25, 0.3) is 5.91 Å². The molecule has 1 amide bonds. The van der Waals surface area contributed by atoms with Gasteiger partial charge in [-0.3, -0.25) is 4.79 Å². The predicted octanol–water partition coefficient (Wildman–Crippen LogP) is 4.47. The molecule has 1 aliphatic carbocycles. The Hall–Kier alpha value is -2.18. The molecule has 0 atom stereocenters. The summed E-state index contributed by atoms with van der Waals surface area (Å²) in [6.45, 7) is 1.38. The average Bonchev–Trinajstić information content (AvgIpc) is 3.32. The number of hydrogen-bond donors (Lipinski definition) is 1. The van der Waals surface area contributed by atoms with Gasteiger partial charge in [-0.2, -0.15) is 0 Å². The molecule has 1 aliphatic rings. The zero-order chi connectivity index (χ0) is 18.6. The Bertz CT molecular complexity index is 925. The van der Waals surface area contributed by atoms with E-state index < -0.39 is 0 Å². The summed E-state index contributed by atoms with van der Waals surface area (Å²) >= 11 is 1.52. The van der Waals surface area contributed by atoms with E-state index in [0.29, 0.717) is 18.3 Å². The molecule has 4 rings (SSSR count). The van der Waals surface area contributed by atoms with Gasteiger partial charge in [-0.25, -0.2) is 4.98 Å². The fourth-order valence-electron chi connectivity index (χ4n) is 3.81. The summed E-state index contributed by atoms with van der Waals surface area (Å²) < 4.78 is 7.50. The lowest BCUT2D eigenvalue weighted by atomic mass is 9.95. The van der Waals surface area contributed by atoms with Gasteiger partial charge < -0.3 is 14.6 Å². The summed E-state index contributed by atoms with van der Waals surface area (Å²) in [7, 11) is 1.71. The van der Waals surface area contributed by atoms with E-state index in [2.05, 4.69) is 33.1 Å². The Morgan fingerprint density at radius 3 is 2.93 bits per heavy atom. The van der Waals surface area contributed by atoms with Crippen molar-refractivity contribution in [2.75, 3.05) is 13.7 Å². The number of ether oxygens (including phenoxy) is 1. The van der Waals surface area contributed by atoms with Crippen molar-refractivity contribution in [3.8, 4) is 10.7 Å². The highest BCUT2D eigenvalue weighted by atomic mass is 32.1. The summed E-state index contributed by atoms with van der Waals surface area (Å²) in [4.78, 5) is 17.2. The first-order valence-electron chi connectivity index (χ1n) is 9.60. The third-order valence-electron chi connectivity index (χ3n) is 5.23. The van der Waals surface area contributed by atoms with Crippen LogP contribution < -0.4 is 5.32 Å². The van der Waals surface area contributed by atoms with Gasteiger partial charge in [0.15, 0.2) is 0 Å². The van der Waals surface area contributed by atoms with Gasteiger partial charge in [0, 0.05) is 36.0 Å². The predicted molar refractivity (Wildman–Crippen MR) is 109 cm³/mol. The molecule has 1 N–H and O–H groups in total. The van der Waals surface area contributed by atoms with Crippen LogP contribution in [0.2, 0.25) is 0 Å². The molecule has 0 radical (unpaired) electrons. The van der Waals surface area contributed by atoms with Gasteiger partial charge >= 0.3 is 0 Å². The van der Waals surface area contributed by atoms with Crippen LogP contribution in [0, 0.1) is 0 Å². The maximum absolute atomic E-state index is 12.6. The minimum Gasteiger partial charge on any atom is -0.383 e. The number of nitrogens with one attached hydrogen (secondary N) is 1. The monoisotopic (exact) mass is 383 g/mol. The standard InChI is InChI=1S/C21H25N3O2S/c1-26-12-11-24-18-10-6-5-7-15(18)13-19(24)21-23-17(14-27-21)20(25)22-16-8-3-2-4-9-16/h5-7,10,13-14,16H,2-4,8-9,11-12H2,1H3,(H,22,25). The third kappa shape index (κ3) is 3.92. The van der Waals surface area contributed by atoms with E-state index in [1.807, 2.05) is 17.5 Å². The van der Waals surface area contributed by atoms with Gasteiger partial charge in [-0.15, -0.1) is 11.3 Å². The zero-order valence-electron chi connectivity index (χ0n) is 15.6. The van der Waals surface area contributed by atoms with Crippen molar-refractivity contribution in [1.82, 2.24) is 14.9 Å². The molecule has 2 heterocycles. The van der Waals surface area contributed by atoms with Crippen LogP contribution >= 0.6 is 11.3 Å². The number of carbonyl (C=O) groups excluding carboxylic acids is 1. The van der Waals surface area contributed by atoms with Crippen LogP contribution in [0.25, 0.3) is 21.6 Å². The SMILES string of the molecule is COCCn1c(-c2nc(C(=O)NC3CCCCC3)cs2)cc2ccccc21.